The van der Waals surface area contributed by atoms with Gasteiger partial charge < -0.3 is 10.6 Å². The number of rotatable bonds is 3. The van der Waals surface area contributed by atoms with Crippen molar-refractivity contribution in [2.75, 3.05) is 18.0 Å². The van der Waals surface area contributed by atoms with Crippen LogP contribution >= 0.6 is 0 Å². The lowest BCUT2D eigenvalue weighted by Gasteiger charge is -2.31. The summed E-state index contributed by atoms with van der Waals surface area (Å²) >= 11 is 0. The second kappa shape index (κ2) is 5.16. The molecule has 106 valence electrons. The fraction of sp³-hybridized carbons (Fsp3) is 0.750. The molecule has 0 aromatic carbocycles. The Morgan fingerprint density at radius 2 is 2.21 bits per heavy atom. The minimum Gasteiger partial charge on any atom is -0.350 e. The van der Waals surface area contributed by atoms with Crippen molar-refractivity contribution >= 4 is 11.5 Å². The summed E-state index contributed by atoms with van der Waals surface area (Å²) in [6.45, 7) is 5.28. The van der Waals surface area contributed by atoms with Crippen molar-refractivity contribution in [3.8, 4) is 0 Å². The monoisotopic (exact) mass is 267 g/mol. The van der Waals surface area contributed by atoms with Gasteiger partial charge in [-0.25, -0.2) is 4.68 Å². The second-order valence-electron chi connectivity index (χ2n) is 5.44. The van der Waals surface area contributed by atoms with Crippen molar-refractivity contribution in [1.82, 2.24) is 9.78 Å². The van der Waals surface area contributed by atoms with E-state index in [9.17, 15) is 10.1 Å². The molecule has 7 nitrogen and oxygen atoms in total. The van der Waals surface area contributed by atoms with E-state index >= 15 is 0 Å². The maximum atomic E-state index is 11.4. The molecule has 0 radical (unpaired) electrons. The van der Waals surface area contributed by atoms with Crippen molar-refractivity contribution in [3.05, 3.63) is 15.8 Å². The SMILES string of the molecule is CC(C)c1nn(C)c(N2CCCC(N)C2)c1[N+](=O)[O-]. The van der Waals surface area contributed by atoms with E-state index in [1.807, 2.05) is 18.7 Å². The smallest absolute Gasteiger partial charge is 0.334 e. The van der Waals surface area contributed by atoms with Gasteiger partial charge in [-0.05, 0) is 12.8 Å². The zero-order valence-electron chi connectivity index (χ0n) is 11.7. The van der Waals surface area contributed by atoms with Crippen molar-refractivity contribution < 1.29 is 4.92 Å². The Morgan fingerprint density at radius 1 is 1.53 bits per heavy atom. The zero-order chi connectivity index (χ0) is 14.2. The van der Waals surface area contributed by atoms with Gasteiger partial charge in [-0.3, -0.25) is 10.1 Å². The number of hydrogen-bond donors (Lipinski definition) is 1. The van der Waals surface area contributed by atoms with Gasteiger partial charge in [0, 0.05) is 32.1 Å². The van der Waals surface area contributed by atoms with E-state index in [1.165, 1.54) is 0 Å². The lowest BCUT2D eigenvalue weighted by atomic mass is 10.1. The summed E-state index contributed by atoms with van der Waals surface area (Å²) in [4.78, 5) is 13.0. The minimum atomic E-state index is -0.322. The molecule has 2 N–H and O–H groups in total. The van der Waals surface area contributed by atoms with Crippen molar-refractivity contribution in [3.63, 3.8) is 0 Å². The highest BCUT2D eigenvalue weighted by atomic mass is 16.6. The van der Waals surface area contributed by atoms with Crippen LogP contribution in [0.3, 0.4) is 0 Å². The Morgan fingerprint density at radius 3 is 2.74 bits per heavy atom. The first-order chi connectivity index (χ1) is 8.91. The molecule has 0 amide bonds. The van der Waals surface area contributed by atoms with E-state index in [-0.39, 0.29) is 22.6 Å². The largest absolute Gasteiger partial charge is 0.350 e. The predicted molar refractivity (Wildman–Crippen MR) is 73.4 cm³/mol. The van der Waals surface area contributed by atoms with E-state index < -0.39 is 0 Å². The van der Waals surface area contributed by atoms with Gasteiger partial charge in [0.15, 0.2) is 0 Å². The lowest BCUT2D eigenvalue weighted by molar-refractivity contribution is -0.385. The number of piperidine rings is 1. The summed E-state index contributed by atoms with van der Waals surface area (Å²) in [7, 11) is 1.76. The first-order valence-electron chi connectivity index (χ1n) is 6.63. The molecule has 1 fully saturated rings. The molecule has 1 unspecified atom stereocenters. The van der Waals surface area contributed by atoms with Crippen molar-refractivity contribution in [2.24, 2.45) is 12.8 Å². The molecule has 0 saturated carbocycles. The minimum absolute atomic E-state index is 0.0267. The van der Waals surface area contributed by atoms with Gasteiger partial charge in [0.05, 0.1) is 4.92 Å². The van der Waals surface area contributed by atoms with Gasteiger partial charge in [-0.15, -0.1) is 0 Å². The normalized spacial score (nSPS) is 20.1. The Labute approximate surface area is 112 Å². The molecule has 1 aromatic heterocycles. The number of nitro groups is 1. The van der Waals surface area contributed by atoms with Crippen LogP contribution in [0.25, 0.3) is 0 Å². The third-order valence-corrected chi connectivity index (χ3v) is 3.51. The van der Waals surface area contributed by atoms with Crippen LogP contribution in [0.2, 0.25) is 0 Å². The van der Waals surface area contributed by atoms with Gasteiger partial charge in [-0.2, -0.15) is 5.10 Å². The van der Waals surface area contributed by atoms with Crippen LogP contribution in [-0.4, -0.2) is 33.8 Å². The molecule has 1 aromatic rings. The Kier molecular flexibility index (Phi) is 3.75. The summed E-state index contributed by atoms with van der Waals surface area (Å²) in [5.41, 5.74) is 6.64. The molecule has 1 aliphatic heterocycles. The Balaban J connectivity index is 2.46. The molecule has 1 aliphatic rings. The average molecular weight is 267 g/mol. The third kappa shape index (κ3) is 2.56. The molecule has 0 spiro atoms. The first kappa shape index (κ1) is 13.8. The van der Waals surface area contributed by atoms with Crippen LogP contribution in [0.5, 0.6) is 0 Å². The van der Waals surface area contributed by atoms with Gasteiger partial charge >= 0.3 is 5.69 Å². The zero-order valence-corrected chi connectivity index (χ0v) is 11.7. The van der Waals surface area contributed by atoms with Crippen LogP contribution in [0.15, 0.2) is 0 Å². The number of hydrogen-bond acceptors (Lipinski definition) is 5. The predicted octanol–water partition coefficient (Wildman–Crippen LogP) is 1.38. The Bertz CT molecular complexity index is 483. The van der Waals surface area contributed by atoms with Crippen LogP contribution in [0, 0.1) is 10.1 Å². The maximum absolute atomic E-state index is 11.4. The molecule has 1 saturated heterocycles. The van der Waals surface area contributed by atoms with Crippen LogP contribution < -0.4 is 10.6 Å². The summed E-state index contributed by atoms with van der Waals surface area (Å²) in [6.07, 6.45) is 1.93. The number of anilines is 1. The van der Waals surface area contributed by atoms with Crippen LogP contribution in [0.1, 0.15) is 38.3 Å². The Hall–Kier alpha value is -1.63. The third-order valence-electron chi connectivity index (χ3n) is 3.51. The van der Waals surface area contributed by atoms with Gasteiger partial charge in [0.2, 0.25) is 5.82 Å². The highest BCUT2D eigenvalue weighted by Gasteiger charge is 2.33. The topological polar surface area (TPSA) is 90.2 Å². The molecular formula is C12H21N5O2. The fourth-order valence-electron chi connectivity index (χ4n) is 2.65. The van der Waals surface area contributed by atoms with Crippen LogP contribution in [0.4, 0.5) is 11.5 Å². The highest BCUT2D eigenvalue weighted by molar-refractivity contribution is 5.62. The first-order valence-corrected chi connectivity index (χ1v) is 6.63. The van der Waals surface area contributed by atoms with Gasteiger partial charge in [0.25, 0.3) is 0 Å². The summed E-state index contributed by atoms with van der Waals surface area (Å²) < 4.78 is 1.62. The summed E-state index contributed by atoms with van der Waals surface area (Å²) in [6, 6.07) is 0.0748. The lowest BCUT2D eigenvalue weighted by Crippen LogP contribution is -2.43. The molecule has 2 rings (SSSR count). The molecule has 19 heavy (non-hydrogen) atoms. The molecule has 2 heterocycles. The van der Waals surface area contributed by atoms with Gasteiger partial charge in [0.1, 0.15) is 5.69 Å². The van der Waals surface area contributed by atoms with E-state index in [0.717, 1.165) is 19.4 Å². The molecule has 1 atom stereocenters. The van der Waals surface area contributed by atoms with E-state index in [1.54, 1.807) is 11.7 Å². The number of aromatic nitrogens is 2. The van der Waals surface area contributed by atoms with E-state index in [0.29, 0.717) is 18.1 Å². The number of nitrogens with zero attached hydrogens (tertiary/aromatic N) is 4. The van der Waals surface area contributed by atoms with E-state index in [2.05, 4.69) is 5.10 Å². The van der Waals surface area contributed by atoms with Crippen LogP contribution in [-0.2, 0) is 7.05 Å². The molecule has 0 aliphatic carbocycles. The quantitative estimate of drug-likeness (QED) is 0.660. The summed E-state index contributed by atoms with van der Waals surface area (Å²) in [5.74, 6) is 0.614. The molecule has 7 heteroatoms. The number of aryl methyl sites for hydroxylation is 1. The standard InChI is InChI=1S/C12H21N5O2/c1-8(2)10-11(17(18)19)12(15(3)14-10)16-6-4-5-9(13)7-16/h8-9H,4-7,13H2,1-3H3. The highest BCUT2D eigenvalue weighted by Crippen LogP contribution is 2.36. The van der Waals surface area contributed by atoms with Gasteiger partial charge in [-0.1, -0.05) is 13.8 Å². The number of nitrogens with two attached hydrogens (primary N) is 1. The molecule has 0 bridgehead atoms. The van der Waals surface area contributed by atoms with E-state index in [4.69, 9.17) is 5.73 Å². The second-order valence-corrected chi connectivity index (χ2v) is 5.44. The summed E-state index contributed by atoms with van der Waals surface area (Å²) in [5, 5.41) is 15.7. The maximum Gasteiger partial charge on any atom is 0.334 e. The average Bonchev–Trinajstić information content (AvgIpc) is 2.67. The fourth-order valence-corrected chi connectivity index (χ4v) is 2.65. The van der Waals surface area contributed by atoms with Crippen molar-refractivity contribution in [2.45, 2.75) is 38.6 Å². The van der Waals surface area contributed by atoms with Crippen molar-refractivity contribution in [1.29, 1.82) is 0 Å². The molecular weight excluding hydrogens is 246 g/mol.